The Morgan fingerprint density at radius 2 is 1.80 bits per heavy atom. The van der Waals surface area contributed by atoms with E-state index in [1.54, 1.807) is 17.0 Å². The molecule has 1 saturated heterocycles. The number of benzene rings is 2. The second-order valence-corrected chi connectivity index (χ2v) is 7.46. The molecular weight excluding hydrogens is 387 g/mol. The first-order valence-electron chi connectivity index (χ1n) is 9.92. The van der Waals surface area contributed by atoms with Crippen molar-refractivity contribution in [1.82, 2.24) is 10.2 Å². The molecule has 1 fully saturated rings. The highest BCUT2D eigenvalue weighted by Crippen LogP contribution is 2.29. The molecule has 0 spiro atoms. The monoisotopic (exact) mass is 412 g/mol. The first kappa shape index (κ1) is 21.5. The van der Waals surface area contributed by atoms with Crippen LogP contribution in [-0.2, 0) is 25.7 Å². The molecule has 0 saturated carbocycles. The minimum Gasteiger partial charge on any atom is -0.452 e. The van der Waals surface area contributed by atoms with Gasteiger partial charge in [0.15, 0.2) is 6.10 Å². The minimum atomic E-state index is -0.992. The fourth-order valence-corrected chi connectivity index (χ4v) is 3.43. The lowest BCUT2D eigenvalue weighted by atomic mass is 10.1. The molecule has 1 N–H and O–H groups in total. The molecule has 0 bridgehead atoms. The van der Waals surface area contributed by atoms with Crippen LogP contribution in [0.5, 0.6) is 0 Å². The molecule has 0 aromatic heterocycles. The van der Waals surface area contributed by atoms with E-state index in [4.69, 9.17) is 4.74 Å². The molecule has 158 valence electrons. The molecule has 1 heterocycles. The van der Waals surface area contributed by atoms with Crippen LogP contribution in [0.15, 0.2) is 54.6 Å². The number of hydrogen-bond acceptors (Lipinski definition) is 4. The van der Waals surface area contributed by atoms with Crippen molar-refractivity contribution in [2.45, 2.75) is 39.0 Å². The standard InChI is InChI=1S/C23H25FN2O4/c1-15(18-6-4-3-5-7-18)26-14-19(12-21(26)27)23(29)30-16(2)22(28)25-13-17-8-10-20(24)11-9-17/h3-11,15-16,19H,12-14H2,1-2H3,(H,25,28)/t15-,16+,19-/m1/s1. The zero-order valence-corrected chi connectivity index (χ0v) is 17.0. The third kappa shape index (κ3) is 5.23. The average molecular weight is 412 g/mol. The molecule has 2 amide bonds. The van der Waals surface area contributed by atoms with E-state index in [1.807, 2.05) is 37.3 Å². The molecule has 3 rings (SSSR count). The van der Waals surface area contributed by atoms with Gasteiger partial charge in [0.05, 0.1) is 12.0 Å². The van der Waals surface area contributed by atoms with Gasteiger partial charge in [0.2, 0.25) is 5.91 Å². The van der Waals surface area contributed by atoms with E-state index in [0.717, 1.165) is 11.1 Å². The average Bonchev–Trinajstić information content (AvgIpc) is 3.15. The number of carbonyl (C=O) groups is 3. The largest absolute Gasteiger partial charge is 0.452 e. The third-order valence-electron chi connectivity index (χ3n) is 5.28. The number of likely N-dealkylation sites (tertiary alicyclic amines) is 1. The van der Waals surface area contributed by atoms with Crippen molar-refractivity contribution < 1.29 is 23.5 Å². The molecule has 30 heavy (non-hydrogen) atoms. The molecule has 1 aliphatic heterocycles. The van der Waals surface area contributed by atoms with Crippen LogP contribution >= 0.6 is 0 Å². The summed E-state index contributed by atoms with van der Waals surface area (Å²) in [7, 11) is 0. The van der Waals surface area contributed by atoms with Gasteiger partial charge >= 0.3 is 5.97 Å². The van der Waals surface area contributed by atoms with Crippen molar-refractivity contribution in [3.8, 4) is 0 Å². The van der Waals surface area contributed by atoms with Gasteiger partial charge in [-0.15, -0.1) is 0 Å². The summed E-state index contributed by atoms with van der Waals surface area (Å²) in [5.74, 6) is -2.08. The number of rotatable bonds is 7. The fourth-order valence-electron chi connectivity index (χ4n) is 3.43. The van der Waals surface area contributed by atoms with Crippen molar-refractivity contribution in [1.29, 1.82) is 0 Å². The Kier molecular flexibility index (Phi) is 6.82. The first-order valence-corrected chi connectivity index (χ1v) is 9.92. The zero-order chi connectivity index (χ0) is 21.7. The molecule has 3 atom stereocenters. The van der Waals surface area contributed by atoms with Crippen LogP contribution in [0.3, 0.4) is 0 Å². The Balaban J connectivity index is 1.50. The maximum Gasteiger partial charge on any atom is 0.312 e. The molecule has 2 aromatic rings. The summed E-state index contributed by atoms with van der Waals surface area (Å²) in [6.45, 7) is 3.87. The van der Waals surface area contributed by atoms with Gasteiger partial charge in [0, 0.05) is 19.5 Å². The smallest absolute Gasteiger partial charge is 0.312 e. The van der Waals surface area contributed by atoms with Crippen molar-refractivity contribution >= 4 is 17.8 Å². The molecule has 7 heteroatoms. The van der Waals surface area contributed by atoms with E-state index in [1.165, 1.54) is 19.1 Å². The van der Waals surface area contributed by atoms with Gasteiger partial charge in [-0.05, 0) is 37.1 Å². The van der Waals surface area contributed by atoms with Crippen LogP contribution < -0.4 is 5.32 Å². The van der Waals surface area contributed by atoms with Gasteiger partial charge in [-0.2, -0.15) is 0 Å². The molecule has 0 radical (unpaired) electrons. The predicted molar refractivity (Wildman–Crippen MR) is 108 cm³/mol. The number of nitrogens with zero attached hydrogens (tertiary/aromatic N) is 1. The molecule has 2 aromatic carbocycles. The number of carbonyl (C=O) groups excluding carboxylic acids is 3. The Morgan fingerprint density at radius 3 is 2.47 bits per heavy atom. The molecular formula is C23H25FN2O4. The number of hydrogen-bond donors (Lipinski definition) is 1. The minimum absolute atomic E-state index is 0.0694. The van der Waals surface area contributed by atoms with Crippen molar-refractivity contribution in [2.24, 2.45) is 5.92 Å². The molecule has 0 aliphatic carbocycles. The summed E-state index contributed by atoms with van der Waals surface area (Å²) in [5, 5.41) is 2.66. The normalized spacial score (nSPS) is 18.0. The first-order chi connectivity index (χ1) is 14.3. The Labute approximate surface area is 175 Å². The van der Waals surface area contributed by atoms with E-state index in [2.05, 4.69) is 5.32 Å². The zero-order valence-electron chi connectivity index (χ0n) is 17.0. The summed E-state index contributed by atoms with van der Waals surface area (Å²) < 4.78 is 18.2. The van der Waals surface area contributed by atoms with Gasteiger partial charge in [-0.1, -0.05) is 42.5 Å². The summed E-state index contributed by atoms with van der Waals surface area (Å²) >= 11 is 0. The van der Waals surface area contributed by atoms with Crippen LogP contribution in [0.4, 0.5) is 4.39 Å². The van der Waals surface area contributed by atoms with E-state index < -0.39 is 23.9 Å². The lowest BCUT2D eigenvalue weighted by Gasteiger charge is -2.25. The van der Waals surface area contributed by atoms with Gasteiger partial charge in [0.1, 0.15) is 5.82 Å². The maximum absolute atomic E-state index is 12.9. The van der Waals surface area contributed by atoms with E-state index >= 15 is 0 Å². The summed E-state index contributed by atoms with van der Waals surface area (Å²) in [6, 6.07) is 15.2. The van der Waals surface area contributed by atoms with Crippen LogP contribution in [-0.4, -0.2) is 35.3 Å². The van der Waals surface area contributed by atoms with Crippen LogP contribution in [0, 0.1) is 11.7 Å². The lowest BCUT2D eigenvalue weighted by Crippen LogP contribution is -2.37. The maximum atomic E-state index is 12.9. The summed E-state index contributed by atoms with van der Waals surface area (Å²) in [4.78, 5) is 38.8. The van der Waals surface area contributed by atoms with Crippen molar-refractivity contribution in [3.05, 3.63) is 71.5 Å². The molecule has 1 aliphatic rings. The van der Waals surface area contributed by atoms with Gasteiger partial charge in [-0.25, -0.2) is 4.39 Å². The van der Waals surface area contributed by atoms with Gasteiger partial charge in [-0.3, -0.25) is 14.4 Å². The topological polar surface area (TPSA) is 75.7 Å². The van der Waals surface area contributed by atoms with Crippen LogP contribution in [0.25, 0.3) is 0 Å². The quantitative estimate of drug-likeness (QED) is 0.710. The summed E-state index contributed by atoms with van der Waals surface area (Å²) in [6.07, 6.45) is -0.923. The number of amides is 2. The Hall–Kier alpha value is -3.22. The Bertz CT molecular complexity index is 901. The van der Waals surface area contributed by atoms with E-state index in [9.17, 15) is 18.8 Å². The second-order valence-electron chi connectivity index (χ2n) is 7.46. The van der Waals surface area contributed by atoms with E-state index in [0.29, 0.717) is 0 Å². The van der Waals surface area contributed by atoms with Gasteiger partial charge < -0.3 is 15.0 Å². The van der Waals surface area contributed by atoms with Crippen LogP contribution in [0.2, 0.25) is 0 Å². The van der Waals surface area contributed by atoms with Gasteiger partial charge in [0.25, 0.3) is 5.91 Å². The Morgan fingerprint density at radius 1 is 1.13 bits per heavy atom. The fraction of sp³-hybridized carbons (Fsp3) is 0.348. The van der Waals surface area contributed by atoms with Crippen LogP contribution in [0.1, 0.15) is 37.4 Å². The predicted octanol–water partition coefficient (Wildman–Crippen LogP) is 2.98. The highest BCUT2D eigenvalue weighted by molar-refractivity contribution is 5.89. The molecule has 0 unspecified atom stereocenters. The number of nitrogens with one attached hydrogen (secondary N) is 1. The van der Waals surface area contributed by atoms with Crippen molar-refractivity contribution in [2.75, 3.05) is 6.54 Å². The third-order valence-corrected chi connectivity index (χ3v) is 5.28. The SMILES string of the molecule is C[C@H](OC(=O)[C@@H]1CC(=O)N([C@H](C)c2ccccc2)C1)C(=O)NCc1ccc(F)cc1. The molecule has 6 nitrogen and oxygen atoms in total. The number of halogens is 1. The van der Waals surface area contributed by atoms with E-state index in [-0.39, 0.29) is 37.3 Å². The highest BCUT2D eigenvalue weighted by atomic mass is 19.1. The summed E-state index contributed by atoms with van der Waals surface area (Å²) in [5.41, 5.74) is 1.73. The van der Waals surface area contributed by atoms with Crippen molar-refractivity contribution in [3.63, 3.8) is 0 Å². The highest BCUT2D eigenvalue weighted by Gasteiger charge is 2.38. The number of esters is 1. The second kappa shape index (κ2) is 9.52. The lowest BCUT2D eigenvalue weighted by molar-refractivity contribution is -0.158. The number of ether oxygens (including phenoxy) is 1.